The minimum absolute atomic E-state index is 0.0670. The maximum Gasteiger partial charge on any atom is 0.491 e. The Labute approximate surface area is 138 Å². The van der Waals surface area contributed by atoms with Crippen molar-refractivity contribution in [1.29, 1.82) is 0 Å². The van der Waals surface area contributed by atoms with Crippen molar-refractivity contribution in [2.45, 2.75) is 45.8 Å². The first-order chi connectivity index (χ1) is 10.6. The molecule has 4 N–H and O–H groups in total. The van der Waals surface area contributed by atoms with E-state index in [1.165, 1.54) is 6.92 Å². The topological polar surface area (TPSA) is 87.6 Å². The standard InChI is InChI=1S/C17H25BN2O3/c1-11(21)14-9-12(6-7-15(14)20)8-13(10-19)18-22-16(2,3)17(4,5)23-18/h6-9H,10,19-20H2,1-5H3. The van der Waals surface area contributed by atoms with Crippen molar-refractivity contribution in [2.24, 2.45) is 5.73 Å². The fourth-order valence-electron chi connectivity index (χ4n) is 2.40. The summed E-state index contributed by atoms with van der Waals surface area (Å²) in [6, 6.07) is 5.34. The molecule has 1 heterocycles. The molecule has 124 valence electrons. The zero-order valence-corrected chi connectivity index (χ0v) is 14.5. The van der Waals surface area contributed by atoms with Crippen molar-refractivity contribution in [3.05, 3.63) is 34.8 Å². The number of hydrogen-bond acceptors (Lipinski definition) is 5. The summed E-state index contributed by atoms with van der Waals surface area (Å²) in [4.78, 5) is 11.6. The molecule has 1 aromatic carbocycles. The Balaban J connectivity index is 2.34. The molecule has 1 saturated heterocycles. The van der Waals surface area contributed by atoms with Gasteiger partial charge in [0, 0.05) is 17.8 Å². The molecule has 1 aliphatic rings. The second kappa shape index (κ2) is 6.11. The van der Waals surface area contributed by atoms with E-state index >= 15 is 0 Å². The first-order valence-electron chi connectivity index (χ1n) is 7.74. The van der Waals surface area contributed by atoms with Crippen LogP contribution in [0.4, 0.5) is 5.69 Å². The number of Topliss-reactive ketones (excluding diaryl/α,β-unsaturated/α-hetero) is 1. The third-order valence-electron chi connectivity index (χ3n) is 4.60. The quantitative estimate of drug-likeness (QED) is 0.506. The summed E-state index contributed by atoms with van der Waals surface area (Å²) >= 11 is 0. The number of nitrogens with two attached hydrogens (primary N) is 2. The van der Waals surface area contributed by atoms with Crippen molar-refractivity contribution in [1.82, 2.24) is 0 Å². The van der Waals surface area contributed by atoms with Gasteiger partial charge in [0.25, 0.3) is 0 Å². The average molecular weight is 316 g/mol. The molecule has 0 spiro atoms. The number of carbonyl (C=O) groups is 1. The molecule has 6 heteroatoms. The zero-order chi connectivity index (χ0) is 17.4. The molecule has 0 atom stereocenters. The Hall–Kier alpha value is -1.63. The van der Waals surface area contributed by atoms with E-state index in [0.29, 0.717) is 17.8 Å². The molecular formula is C17H25BN2O3. The number of rotatable bonds is 4. The number of benzene rings is 1. The predicted molar refractivity (Wildman–Crippen MR) is 94.0 cm³/mol. The van der Waals surface area contributed by atoms with Crippen LogP contribution in [0.2, 0.25) is 0 Å². The fourth-order valence-corrected chi connectivity index (χ4v) is 2.40. The lowest BCUT2D eigenvalue weighted by molar-refractivity contribution is 0.00578. The smallest absolute Gasteiger partial charge is 0.400 e. The van der Waals surface area contributed by atoms with E-state index in [0.717, 1.165) is 11.0 Å². The average Bonchev–Trinajstić information content (AvgIpc) is 2.66. The van der Waals surface area contributed by atoms with Crippen molar-refractivity contribution in [3.8, 4) is 0 Å². The van der Waals surface area contributed by atoms with Crippen molar-refractivity contribution >= 4 is 24.7 Å². The molecule has 2 rings (SSSR count). The normalized spacial score (nSPS) is 19.9. The lowest BCUT2D eigenvalue weighted by Gasteiger charge is -2.32. The monoisotopic (exact) mass is 316 g/mol. The van der Waals surface area contributed by atoms with Crippen LogP contribution in [0.25, 0.3) is 6.08 Å². The number of anilines is 1. The molecule has 0 radical (unpaired) electrons. The molecule has 23 heavy (non-hydrogen) atoms. The summed E-state index contributed by atoms with van der Waals surface area (Å²) in [5.41, 5.74) is 13.5. The highest BCUT2D eigenvalue weighted by Gasteiger charge is 2.52. The summed E-state index contributed by atoms with van der Waals surface area (Å²) in [7, 11) is -0.497. The second-order valence-corrected chi connectivity index (χ2v) is 6.91. The van der Waals surface area contributed by atoms with Gasteiger partial charge in [-0.2, -0.15) is 0 Å². The maximum atomic E-state index is 11.6. The minimum Gasteiger partial charge on any atom is -0.400 e. The van der Waals surface area contributed by atoms with Gasteiger partial charge in [-0.05, 0) is 57.8 Å². The van der Waals surface area contributed by atoms with Gasteiger partial charge in [-0.3, -0.25) is 4.79 Å². The van der Waals surface area contributed by atoms with Crippen molar-refractivity contribution in [2.75, 3.05) is 12.3 Å². The Kier molecular flexibility index (Phi) is 4.71. The van der Waals surface area contributed by atoms with Crippen molar-refractivity contribution < 1.29 is 14.1 Å². The van der Waals surface area contributed by atoms with Crippen LogP contribution in [-0.2, 0) is 9.31 Å². The van der Waals surface area contributed by atoms with E-state index in [2.05, 4.69) is 0 Å². The summed E-state index contributed by atoms with van der Waals surface area (Å²) in [5.74, 6) is -0.0670. The lowest BCUT2D eigenvalue weighted by Crippen LogP contribution is -2.41. The van der Waals surface area contributed by atoms with E-state index < -0.39 is 18.3 Å². The molecule has 0 amide bonds. The molecule has 5 nitrogen and oxygen atoms in total. The van der Waals surface area contributed by atoms with Gasteiger partial charge in [-0.25, -0.2) is 0 Å². The summed E-state index contributed by atoms with van der Waals surface area (Å²) in [5, 5.41) is 0. The molecule has 0 aromatic heterocycles. The molecule has 0 aliphatic carbocycles. The third kappa shape index (κ3) is 3.49. The highest BCUT2D eigenvalue weighted by atomic mass is 16.7. The van der Waals surface area contributed by atoms with E-state index in [4.69, 9.17) is 20.8 Å². The Bertz CT molecular complexity index is 637. The van der Waals surface area contributed by atoms with Crippen LogP contribution in [0.15, 0.2) is 23.7 Å². The van der Waals surface area contributed by atoms with Gasteiger partial charge in [0.15, 0.2) is 5.78 Å². The predicted octanol–water partition coefficient (Wildman–Crippen LogP) is 2.44. The number of carbonyl (C=O) groups excluding carboxylic acids is 1. The molecule has 0 bridgehead atoms. The van der Waals surface area contributed by atoms with E-state index in [1.54, 1.807) is 12.1 Å². The lowest BCUT2D eigenvalue weighted by atomic mass is 9.77. The van der Waals surface area contributed by atoms with E-state index in [9.17, 15) is 4.79 Å². The van der Waals surface area contributed by atoms with Crippen molar-refractivity contribution in [3.63, 3.8) is 0 Å². The van der Waals surface area contributed by atoms with Crippen LogP contribution in [0.5, 0.6) is 0 Å². The fraction of sp³-hybridized carbons (Fsp3) is 0.471. The molecule has 0 unspecified atom stereocenters. The van der Waals surface area contributed by atoms with Crippen LogP contribution in [0.3, 0.4) is 0 Å². The van der Waals surface area contributed by atoms with Gasteiger partial charge in [0.05, 0.1) is 11.2 Å². The van der Waals surface area contributed by atoms with Crippen LogP contribution in [0.1, 0.15) is 50.5 Å². The summed E-state index contributed by atoms with van der Waals surface area (Å²) in [6.45, 7) is 9.79. The number of nitrogen functional groups attached to an aromatic ring is 1. The number of hydrogen-bond donors (Lipinski definition) is 2. The second-order valence-electron chi connectivity index (χ2n) is 6.91. The van der Waals surface area contributed by atoms with Crippen LogP contribution < -0.4 is 11.5 Å². The molecule has 0 saturated carbocycles. The third-order valence-corrected chi connectivity index (χ3v) is 4.60. The summed E-state index contributed by atoms with van der Waals surface area (Å²) in [6.07, 6.45) is 1.90. The Morgan fingerprint density at radius 3 is 2.26 bits per heavy atom. The van der Waals surface area contributed by atoms with Gasteiger partial charge < -0.3 is 20.8 Å². The highest BCUT2D eigenvalue weighted by Crippen LogP contribution is 2.38. The van der Waals surface area contributed by atoms with Gasteiger partial charge in [0.1, 0.15) is 0 Å². The van der Waals surface area contributed by atoms with Gasteiger partial charge in [-0.15, -0.1) is 0 Å². The Morgan fingerprint density at radius 1 is 1.22 bits per heavy atom. The first kappa shape index (κ1) is 17.7. The van der Waals surface area contributed by atoms with Crippen LogP contribution in [0, 0.1) is 0 Å². The largest absolute Gasteiger partial charge is 0.491 e. The zero-order valence-electron chi connectivity index (χ0n) is 14.5. The van der Waals surface area contributed by atoms with Crippen LogP contribution in [-0.4, -0.2) is 30.6 Å². The molecule has 1 fully saturated rings. The van der Waals surface area contributed by atoms with Gasteiger partial charge >= 0.3 is 7.12 Å². The minimum atomic E-state index is -0.497. The number of ketones is 1. The highest BCUT2D eigenvalue weighted by molar-refractivity contribution is 6.55. The SMILES string of the molecule is CC(=O)c1cc(C=C(CN)B2OC(C)(C)C(C)(C)O2)ccc1N. The Morgan fingerprint density at radius 2 is 1.78 bits per heavy atom. The van der Waals surface area contributed by atoms with E-state index in [1.807, 2.05) is 39.8 Å². The summed E-state index contributed by atoms with van der Waals surface area (Å²) < 4.78 is 12.1. The van der Waals surface area contributed by atoms with Gasteiger partial charge in [0.2, 0.25) is 0 Å². The maximum absolute atomic E-state index is 11.6. The first-order valence-corrected chi connectivity index (χ1v) is 7.74. The van der Waals surface area contributed by atoms with E-state index in [-0.39, 0.29) is 5.78 Å². The van der Waals surface area contributed by atoms with Crippen LogP contribution >= 0.6 is 0 Å². The van der Waals surface area contributed by atoms with Gasteiger partial charge in [-0.1, -0.05) is 12.1 Å². The molecular weight excluding hydrogens is 291 g/mol. The molecule has 1 aromatic rings. The molecule has 1 aliphatic heterocycles.